The summed E-state index contributed by atoms with van der Waals surface area (Å²) in [6, 6.07) is 10.3. The molecule has 1 heterocycles. The van der Waals surface area contributed by atoms with Gasteiger partial charge in [-0.15, -0.1) is 23.1 Å². The molecule has 1 aromatic carbocycles. The fraction of sp³-hybridized carbons (Fsp3) is 0.143. The minimum absolute atomic E-state index is 0.0892. The average molecular weight is 339 g/mol. The normalized spacial score (nSPS) is 9.89. The van der Waals surface area contributed by atoms with Gasteiger partial charge in [0.1, 0.15) is 6.61 Å². The molecule has 18 heavy (non-hydrogen) atoms. The zero-order chi connectivity index (χ0) is 12.8. The number of hydrogen-bond donors (Lipinski definition) is 1. The fourth-order valence-corrected chi connectivity index (χ4v) is 3.86. The van der Waals surface area contributed by atoms with Crippen LogP contribution in [0.1, 0.15) is 10.4 Å². The van der Waals surface area contributed by atoms with E-state index >= 15 is 0 Å². The molecule has 2 aromatic rings. The zero-order valence-electron chi connectivity index (χ0n) is 9.52. The van der Waals surface area contributed by atoms with Crippen LogP contribution in [0.25, 0.3) is 0 Å². The third-order valence-corrected chi connectivity index (χ3v) is 4.83. The number of aliphatic hydroxyl groups excluding tert-OH is 1. The maximum absolute atomic E-state index is 8.71. The van der Waals surface area contributed by atoms with Crippen molar-refractivity contribution in [1.82, 2.24) is 0 Å². The third-order valence-electron chi connectivity index (χ3n) is 2.21. The molecule has 0 radical (unpaired) electrons. The van der Waals surface area contributed by atoms with Crippen LogP contribution in [0.3, 0.4) is 0 Å². The number of rotatable bonds is 3. The Kier molecular flexibility index (Phi) is 5.33. The molecule has 1 nitrogen and oxygen atoms in total. The van der Waals surface area contributed by atoms with E-state index in [1.54, 1.807) is 23.1 Å². The Labute approximate surface area is 123 Å². The lowest BCUT2D eigenvalue weighted by molar-refractivity contribution is 0.350. The molecule has 0 fully saturated rings. The van der Waals surface area contributed by atoms with E-state index < -0.39 is 0 Å². The number of benzene rings is 1. The highest BCUT2D eigenvalue weighted by molar-refractivity contribution is 9.10. The van der Waals surface area contributed by atoms with Gasteiger partial charge in [0.05, 0.1) is 0 Å². The molecule has 0 aliphatic rings. The summed E-state index contributed by atoms with van der Waals surface area (Å²) in [6.07, 6.45) is 0. The van der Waals surface area contributed by atoms with Gasteiger partial charge in [-0.05, 0) is 29.6 Å². The van der Waals surface area contributed by atoms with Crippen molar-refractivity contribution in [3.05, 3.63) is 50.6 Å². The van der Waals surface area contributed by atoms with E-state index in [1.165, 1.54) is 9.77 Å². The van der Waals surface area contributed by atoms with Crippen molar-refractivity contribution >= 4 is 39.0 Å². The van der Waals surface area contributed by atoms with Crippen molar-refractivity contribution in [3.63, 3.8) is 0 Å². The molecule has 0 spiro atoms. The predicted octanol–water partition coefficient (Wildman–Crippen LogP) is 4.15. The van der Waals surface area contributed by atoms with Crippen molar-refractivity contribution < 1.29 is 5.11 Å². The van der Waals surface area contributed by atoms with Crippen LogP contribution < -0.4 is 0 Å². The largest absolute Gasteiger partial charge is 0.384 e. The number of hydrogen-bond acceptors (Lipinski definition) is 3. The van der Waals surface area contributed by atoms with Gasteiger partial charge in [-0.3, -0.25) is 0 Å². The molecule has 0 aliphatic carbocycles. The molecule has 92 valence electrons. The van der Waals surface area contributed by atoms with E-state index in [2.05, 4.69) is 39.9 Å². The topological polar surface area (TPSA) is 20.2 Å². The van der Waals surface area contributed by atoms with Crippen LogP contribution in [0, 0.1) is 11.8 Å². The van der Waals surface area contributed by atoms with Crippen LogP contribution in [-0.4, -0.2) is 11.7 Å². The van der Waals surface area contributed by atoms with Gasteiger partial charge in [0.25, 0.3) is 0 Å². The number of halogens is 1. The second-order valence-electron chi connectivity index (χ2n) is 3.46. The Hall–Kier alpha value is -0.730. The molecule has 1 aromatic heterocycles. The highest BCUT2D eigenvalue weighted by atomic mass is 79.9. The van der Waals surface area contributed by atoms with Crippen molar-refractivity contribution in [2.75, 3.05) is 6.61 Å². The van der Waals surface area contributed by atoms with Gasteiger partial charge < -0.3 is 5.11 Å². The van der Waals surface area contributed by atoms with E-state index in [0.29, 0.717) is 0 Å². The van der Waals surface area contributed by atoms with E-state index in [9.17, 15) is 0 Å². The van der Waals surface area contributed by atoms with E-state index in [0.717, 1.165) is 15.8 Å². The summed E-state index contributed by atoms with van der Waals surface area (Å²) in [5.74, 6) is 6.58. The smallest absolute Gasteiger partial charge is 0.104 e. The summed E-state index contributed by atoms with van der Waals surface area (Å²) >= 11 is 6.97. The highest BCUT2D eigenvalue weighted by Gasteiger charge is 2.03. The van der Waals surface area contributed by atoms with Crippen LogP contribution >= 0.6 is 39.0 Å². The highest BCUT2D eigenvalue weighted by Crippen LogP contribution is 2.28. The molecule has 0 amide bonds. The average Bonchev–Trinajstić information content (AvgIpc) is 2.81. The monoisotopic (exact) mass is 338 g/mol. The van der Waals surface area contributed by atoms with Gasteiger partial charge in [0, 0.05) is 25.6 Å². The van der Waals surface area contributed by atoms with Crippen LogP contribution in [0.2, 0.25) is 0 Å². The minimum atomic E-state index is -0.0892. The quantitative estimate of drug-likeness (QED) is 0.670. The first kappa shape index (κ1) is 13.7. The van der Waals surface area contributed by atoms with Crippen molar-refractivity contribution in [2.24, 2.45) is 0 Å². The van der Waals surface area contributed by atoms with Crippen LogP contribution in [-0.2, 0) is 5.75 Å². The second-order valence-corrected chi connectivity index (χ2v) is 6.43. The molecule has 0 aliphatic heterocycles. The van der Waals surface area contributed by atoms with Crippen LogP contribution in [0.5, 0.6) is 0 Å². The van der Waals surface area contributed by atoms with E-state index in [4.69, 9.17) is 5.11 Å². The Balaban J connectivity index is 2.04. The van der Waals surface area contributed by atoms with Crippen LogP contribution in [0.4, 0.5) is 0 Å². The molecular weight excluding hydrogens is 328 g/mol. The molecule has 2 rings (SSSR count). The van der Waals surface area contributed by atoms with Gasteiger partial charge in [0.2, 0.25) is 0 Å². The molecule has 0 bridgehead atoms. The maximum Gasteiger partial charge on any atom is 0.104 e. The summed E-state index contributed by atoms with van der Waals surface area (Å²) in [5, 5.41) is 10.8. The predicted molar refractivity (Wildman–Crippen MR) is 82.0 cm³/mol. The molecule has 0 atom stereocenters. The Morgan fingerprint density at radius 3 is 3.00 bits per heavy atom. The lowest BCUT2D eigenvalue weighted by atomic mass is 10.3. The summed E-state index contributed by atoms with van der Waals surface area (Å²) in [4.78, 5) is 2.49. The Bertz CT molecular complexity index is 581. The fourth-order valence-electron chi connectivity index (χ4n) is 1.40. The SMILES string of the molecule is OCC#Cc1ccsc1CSc1cccc(Br)c1. The number of aliphatic hydroxyl groups is 1. The first-order chi connectivity index (χ1) is 8.79. The maximum atomic E-state index is 8.71. The zero-order valence-corrected chi connectivity index (χ0v) is 12.7. The van der Waals surface area contributed by atoms with E-state index in [1.807, 2.05) is 23.6 Å². The van der Waals surface area contributed by atoms with Gasteiger partial charge in [-0.25, -0.2) is 0 Å². The molecule has 1 N–H and O–H groups in total. The summed E-state index contributed by atoms with van der Waals surface area (Å²) in [7, 11) is 0. The van der Waals surface area contributed by atoms with Crippen molar-refractivity contribution in [1.29, 1.82) is 0 Å². The van der Waals surface area contributed by atoms with Gasteiger partial charge >= 0.3 is 0 Å². The van der Waals surface area contributed by atoms with Crippen molar-refractivity contribution in [3.8, 4) is 11.8 Å². The summed E-state index contributed by atoms with van der Waals surface area (Å²) in [6.45, 7) is -0.0892. The molecule has 0 saturated heterocycles. The lowest BCUT2D eigenvalue weighted by Crippen LogP contribution is -1.81. The van der Waals surface area contributed by atoms with Gasteiger partial charge in [0.15, 0.2) is 0 Å². The van der Waals surface area contributed by atoms with Crippen LogP contribution in [0.15, 0.2) is 45.1 Å². The Morgan fingerprint density at radius 2 is 2.22 bits per heavy atom. The minimum Gasteiger partial charge on any atom is -0.384 e. The standard InChI is InChI=1S/C14H11BrOS2/c15-12-4-1-5-13(9-12)18-10-14-11(3-2-7-16)6-8-17-14/h1,4-6,8-9,16H,7,10H2. The first-order valence-electron chi connectivity index (χ1n) is 5.34. The second kappa shape index (κ2) is 7.01. The Morgan fingerprint density at radius 1 is 1.33 bits per heavy atom. The first-order valence-corrected chi connectivity index (χ1v) is 8.00. The van der Waals surface area contributed by atoms with Gasteiger partial charge in [-0.2, -0.15) is 0 Å². The van der Waals surface area contributed by atoms with Gasteiger partial charge in [-0.1, -0.05) is 33.8 Å². The number of thiophene rings is 1. The lowest BCUT2D eigenvalue weighted by Gasteiger charge is -2.01. The summed E-state index contributed by atoms with van der Waals surface area (Å²) in [5.41, 5.74) is 1.02. The number of thioether (sulfide) groups is 1. The van der Waals surface area contributed by atoms with E-state index in [-0.39, 0.29) is 6.61 Å². The molecule has 0 saturated carbocycles. The van der Waals surface area contributed by atoms with Crippen molar-refractivity contribution in [2.45, 2.75) is 10.6 Å². The summed E-state index contributed by atoms with van der Waals surface area (Å²) < 4.78 is 1.10. The molecule has 0 unspecified atom stereocenters. The molecule has 4 heteroatoms. The third kappa shape index (κ3) is 3.89. The molecular formula is C14H11BrOS2.